The number of carbonyl (C=O) groups is 2. The number of benzene rings is 2. The SMILES string of the molecule is O=C1C(Cl)=C(Nc2nc(-c3ccc(Cl)cc3)cs2)C(=O)c2ccccc21. The molecule has 0 amide bonds. The second-order valence-electron chi connectivity index (χ2n) is 5.56. The molecule has 0 unspecified atom stereocenters. The number of anilines is 1. The fourth-order valence-corrected chi connectivity index (χ4v) is 3.73. The Labute approximate surface area is 163 Å². The number of halogens is 2. The zero-order chi connectivity index (χ0) is 18.3. The van der Waals surface area contributed by atoms with Crippen LogP contribution in [0.25, 0.3) is 11.3 Å². The van der Waals surface area contributed by atoms with Gasteiger partial charge in [0.1, 0.15) is 10.7 Å². The second-order valence-corrected chi connectivity index (χ2v) is 7.24. The van der Waals surface area contributed by atoms with Crippen LogP contribution in [0.3, 0.4) is 0 Å². The third-order valence-electron chi connectivity index (χ3n) is 3.94. The Morgan fingerprint density at radius 2 is 1.54 bits per heavy atom. The van der Waals surface area contributed by atoms with E-state index in [1.54, 1.807) is 36.4 Å². The highest BCUT2D eigenvalue weighted by atomic mass is 35.5. The molecule has 0 spiro atoms. The predicted molar refractivity (Wildman–Crippen MR) is 104 cm³/mol. The summed E-state index contributed by atoms with van der Waals surface area (Å²) in [6.45, 7) is 0. The number of fused-ring (bicyclic) bond motifs is 1. The fraction of sp³-hybridized carbons (Fsp3) is 0. The largest absolute Gasteiger partial charge is 0.327 e. The first-order valence-corrected chi connectivity index (χ1v) is 9.25. The number of carbonyl (C=O) groups excluding carboxylic acids is 2. The van der Waals surface area contributed by atoms with Crippen molar-refractivity contribution in [3.8, 4) is 11.3 Å². The van der Waals surface area contributed by atoms with E-state index in [1.165, 1.54) is 11.3 Å². The Kier molecular flexibility index (Phi) is 4.36. The van der Waals surface area contributed by atoms with Gasteiger partial charge in [0.25, 0.3) is 0 Å². The van der Waals surface area contributed by atoms with Gasteiger partial charge in [-0.05, 0) is 12.1 Å². The number of rotatable bonds is 3. The van der Waals surface area contributed by atoms with Crippen molar-refractivity contribution in [2.24, 2.45) is 0 Å². The summed E-state index contributed by atoms with van der Waals surface area (Å²) in [5.41, 5.74) is 2.33. The van der Waals surface area contributed by atoms with Crippen molar-refractivity contribution in [1.82, 2.24) is 4.98 Å². The van der Waals surface area contributed by atoms with Crippen molar-refractivity contribution in [3.63, 3.8) is 0 Å². The molecule has 0 saturated carbocycles. The molecule has 0 saturated heterocycles. The summed E-state index contributed by atoms with van der Waals surface area (Å²) in [5, 5.41) is 5.75. The maximum absolute atomic E-state index is 12.7. The molecule has 1 aliphatic rings. The Bertz CT molecular complexity index is 1070. The Hall–Kier alpha value is -2.47. The van der Waals surface area contributed by atoms with E-state index in [0.717, 1.165) is 11.3 Å². The van der Waals surface area contributed by atoms with Gasteiger partial charge in [-0.2, -0.15) is 0 Å². The van der Waals surface area contributed by atoms with E-state index in [1.807, 2.05) is 17.5 Å². The summed E-state index contributed by atoms with van der Waals surface area (Å²) >= 11 is 13.4. The van der Waals surface area contributed by atoms with Crippen LogP contribution in [0, 0.1) is 0 Å². The van der Waals surface area contributed by atoms with Crippen LogP contribution in [0.4, 0.5) is 5.13 Å². The molecule has 7 heteroatoms. The number of ketones is 2. The minimum Gasteiger partial charge on any atom is -0.327 e. The molecule has 0 aliphatic heterocycles. The zero-order valence-electron chi connectivity index (χ0n) is 13.1. The van der Waals surface area contributed by atoms with E-state index in [9.17, 15) is 9.59 Å². The van der Waals surface area contributed by atoms with Gasteiger partial charge >= 0.3 is 0 Å². The maximum Gasteiger partial charge on any atom is 0.211 e. The minimum atomic E-state index is -0.376. The van der Waals surface area contributed by atoms with Crippen LogP contribution < -0.4 is 5.32 Å². The van der Waals surface area contributed by atoms with Crippen LogP contribution in [-0.2, 0) is 0 Å². The molecule has 0 atom stereocenters. The maximum atomic E-state index is 12.7. The third-order valence-corrected chi connectivity index (χ3v) is 5.31. The van der Waals surface area contributed by atoms with Crippen molar-refractivity contribution in [2.45, 2.75) is 0 Å². The van der Waals surface area contributed by atoms with E-state index in [-0.39, 0.29) is 22.3 Å². The zero-order valence-corrected chi connectivity index (χ0v) is 15.5. The average molecular weight is 401 g/mol. The van der Waals surface area contributed by atoms with E-state index < -0.39 is 0 Å². The Balaban J connectivity index is 1.65. The molecule has 2 aromatic carbocycles. The molecule has 0 fully saturated rings. The lowest BCUT2D eigenvalue weighted by Crippen LogP contribution is -2.24. The van der Waals surface area contributed by atoms with Crippen molar-refractivity contribution in [3.05, 3.63) is 80.8 Å². The van der Waals surface area contributed by atoms with Crippen molar-refractivity contribution >= 4 is 51.2 Å². The van der Waals surface area contributed by atoms with Gasteiger partial charge < -0.3 is 5.32 Å². The summed E-state index contributed by atoms with van der Waals surface area (Å²) < 4.78 is 0. The molecule has 4 nitrogen and oxygen atoms in total. The molecule has 3 aromatic rings. The Morgan fingerprint density at radius 1 is 0.885 bits per heavy atom. The highest BCUT2D eigenvalue weighted by Crippen LogP contribution is 2.32. The van der Waals surface area contributed by atoms with Gasteiger partial charge in [-0.15, -0.1) is 11.3 Å². The highest BCUT2D eigenvalue weighted by Gasteiger charge is 2.31. The summed E-state index contributed by atoms with van der Waals surface area (Å²) in [4.78, 5) is 29.6. The first kappa shape index (κ1) is 17.0. The number of hydrogen-bond acceptors (Lipinski definition) is 5. The molecule has 0 radical (unpaired) electrons. The molecule has 1 N–H and O–H groups in total. The number of thiazole rings is 1. The van der Waals surface area contributed by atoms with Gasteiger partial charge in [-0.25, -0.2) is 4.98 Å². The summed E-state index contributed by atoms with van der Waals surface area (Å²) in [7, 11) is 0. The number of allylic oxidation sites excluding steroid dienone is 2. The molecule has 1 aliphatic carbocycles. The first-order valence-electron chi connectivity index (χ1n) is 7.61. The molecule has 1 aromatic heterocycles. The molecule has 1 heterocycles. The number of hydrogen-bond donors (Lipinski definition) is 1. The van der Waals surface area contributed by atoms with Crippen LogP contribution in [0.1, 0.15) is 20.7 Å². The standard InChI is InChI=1S/C19H10Cl2N2O2S/c20-11-7-5-10(6-8-11)14-9-26-19(22-14)23-16-15(21)17(24)12-3-1-2-4-13(12)18(16)25/h1-9H,(H,22,23). The Morgan fingerprint density at radius 3 is 2.23 bits per heavy atom. The summed E-state index contributed by atoms with van der Waals surface area (Å²) in [6, 6.07) is 13.9. The normalized spacial score (nSPS) is 13.8. The topological polar surface area (TPSA) is 59.1 Å². The van der Waals surface area contributed by atoms with E-state index in [0.29, 0.717) is 21.3 Å². The number of aromatic nitrogens is 1. The van der Waals surface area contributed by atoms with E-state index in [2.05, 4.69) is 10.3 Å². The lowest BCUT2D eigenvalue weighted by Gasteiger charge is -2.17. The third kappa shape index (κ3) is 2.94. The van der Waals surface area contributed by atoms with Crippen LogP contribution in [0.5, 0.6) is 0 Å². The van der Waals surface area contributed by atoms with Crippen molar-refractivity contribution < 1.29 is 9.59 Å². The first-order chi connectivity index (χ1) is 12.5. The van der Waals surface area contributed by atoms with Crippen molar-refractivity contribution in [1.29, 1.82) is 0 Å². The monoisotopic (exact) mass is 400 g/mol. The number of nitrogens with one attached hydrogen (secondary N) is 1. The van der Waals surface area contributed by atoms with E-state index in [4.69, 9.17) is 23.2 Å². The van der Waals surface area contributed by atoms with Gasteiger partial charge in [0, 0.05) is 27.1 Å². The average Bonchev–Trinajstić information content (AvgIpc) is 3.13. The minimum absolute atomic E-state index is 0.0485. The predicted octanol–water partition coefficient (Wildman–Crippen LogP) is 5.41. The van der Waals surface area contributed by atoms with Crippen LogP contribution in [-0.4, -0.2) is 16.6 Å². The molecule has 0 bridgehead atoms. The summed E-state index contributed by atoms with van der Waals surface area (Å²) in [5.74, 6) is -0.702. The van der Waals surface area contributed by atoms with Crippen LogP contribution in [0.15, 0.2) is 64.6 Å². The lowest BCUT2D eigenvalue weighted by molar-refractivity contribution is 0.0982. The molecule has 26 heavy (non-hydrogen) atoms. The van der Waals surface area contributed by atoms with Gasteiger partial charge in [0.05, 0.1) is 5.69 Å². The molecular weight excluding hydrogens is 391 g/mol. The lowest BCUT2D eigenvalue weighted by atomic mass is 9.92. The number of nitrogens with zero attached hydrogens (tertiary/aromatic N) is 1. The second kappa shape index (κ2) is 6.68. The molecule has 4 rings (SSSR count). The fourth-order valence-electron chi connectivity index (χ4n) is 2.65. The van der Waals surface area contributed by atoms with Crippen LogP contribution in [0.2, 0.25) is 5.02 Å². The quantitative estimate of drug-likeness (QED) is 0.638. The van der Waals surface area contributed by atoms with E-state index >= 15 is 0 Å². The smallest absolute Gasteiger partial charge is 0.211 e. The van der Waals surface area contributed by atoms with Gasteiger partial charge in [-0.1, -0.05) is 59.6 Å². The van der Waals surface area contributed by atoms with Gasteiger partial charge in [0.15, 0.2) is 5.13 Å². The highest BCUT2D eigenvalue weighted by molar-refractivity contribution is 7.14. The van der Waals surface area contributed by atoms with Crippen molar-refractivity contribution in [2.75, 3.05) is 5.32 Å². The molecular formula is C19H10Cl2N2O2S. The van der Waals surface area contributed by atoms with Crippen LogP contribution >= 0.6 is 34.5 Å². The molecule has 128 valence electrons. The van der Waals surface area contributed by atoms with Gasteiger partial charge in [0.2, 0.25) is 11.6 Å². The van der Waals surface area contributed by atoms with Gasteiger partial charge in [-0.3, -0.25) is 9.59 Å². The number of Topliss-reactive ketones (excluding diaryl/α,β-unsaturated/α-hetero) is 2. The summed E-state index contributed by atoms with van der Waals surface area (Å²) in [6.07, 6.45) is 0.